The van der Waals surface area contributed by atoms with Crippen molar-refractivity contribution >= 4 is 39.1 Å². The maximum atomic E-state index is 12.8. The molecule has 0 spiro atoms. The second-order valence-corrected chi connectivity index (χ2v) is 9.45. The lowest BCUT2D eigenvalue weighted by molar-refractivity contribution is 0.414. The summed E-state index contributed by atoms with van der Waals surface area (Å²) >= 11 is 7.58. The van der Waals surface area contributed by atoms with Crippen LogP contribution < -0.4 is 9.04 Å². The topological polar surface area (TPSA) is 72.4 Å². The van der Waals surface area contributed by atoms with Crippen molar-refractivity contribution < 1.29 is 13.2 Å². The number of benzene rings is 2. The van der Waals surface area contributed by atoms with Crippen LogP contribution in [0.5, 0.6) is 5.75 Å². The van der Waals surface area contributed by atoms with E-state index in [0.29, 0.717) is 32.9 Å². The van der Waals surface area contributed by atoms with Crippen LogP contribution in [0.3, 0.4) is 0 Å². The first-order chi connectivity index (χ1) is 13.4. The van der Waals surface area contributed by atoms with Crippen LogP contribution >= 0.6 is 23.4 Å². The van der Waals surface area contributed by atoms with Gasteiger partial charge in [0.05, 0.1) is 24.7 Å². The van der Waals surface area contributed by atoms with E-state index in [4.69, 9.17) is 16.3 Å². The summed E-state index contributed by atoms with van der Waals surface area (Å²) in [6, 6.07) is 12.8. The molecule has 2 heterocycles. The highest BCUT2D eigenvalue weighted by molar-refractivity contribution is 7.98. The van der Waals surface area contributed by atoms with Crippen LogP contribution in [0.25, 0.3) is 11.3 Å². The maximum absolute atomic E-state index is 12.8. The zero-order valence-corrected chi connectivity index (χ0v) is 17.5. The normalized spacial score (nSPS) is 14.3. The third-order valence-electron chi connectivity index (χ3n) is 4.45. The summed E-state index contributed by atoms with van der Waals surface area (Å²) in [5.74, 6) is 1.44. The minimum Gasteiger partial charge on any atom is -0.497 e. The smallest absolute Gasteiger partial charge is 0.267 e. The molecule has 3 aromatic rings. The van der Waals surface area contributed by atoms with Crippen molar-refractivity contribution in [2.24, 2.45) is 0 Å². The van der Waals surface area contributed by atoms with E-state index >= 15 is 0 Å². The second kappa shape index (κ2) is 7.27. The molecule has 0 atom stereocenters. The number of thioether (sulfide) groups is 1. The van der Waals surface area contributed by atoms with Crippen LogP contribution in [-0.4, -0.2) is 32.5 Å². The van der Waals surface area contributed by atoms with Crippen LogP contribution in [0.1, 0.15) is 5.56 Å². The molecule has 0 aliphatic carbocycles. The number of anilines is 1. The van der Waals surface area contributed by atoms with E-state index in [9.17, 15) is 8.42 Å². The van der Waals surface area contributed by atoms with E-state index in [1.165, 1.54) is 29.3 Å². The Bertz CT molecular complexity index is 1150. The molecular formula is C19H16ClN3O3S2. The van der Waals surface area contributed by atoms with Crippen molar-refractivity contribution in [3.63, 3.8) is 0 Å². The number of nitrogens with zero attached hydrogens (tertiary/aromatic N) is 3. The highest BCUT2D eigenvalue weighted by Crippen LogP contribution is 2.42. The van der Waals surface area contributed by atoms with Crippen molar-refractivity contribution in [2.45, 2.75) is 15.8 Å². The van der Waals surface area contributed by atoms with Gasteiger partial charge in [-0.2, -0.15) is 0 Å². The fraction of sp³-hybridized carbons (Fsp3) is 0.158. The summed E-state index contributed by atoms with van der Waals surface area (Å²) in [5.41, 5.74) is 2.68. The van der Waals surface area contributed by atoms with E-state index in [0.717, 1.165) is 11.3 Å². The lowest BCUT2D eigenvalue weighted by Gasteiger charge is -2.28. The van der Waals surface area contributed by atoms with Crippen molar-refractivity contribution in [1.82, 2.24) is 9.97 Å². The van der Waals surface area contributed by atoms with Gasteiger partial charge in [-0.3, -0.25) is 4.31 Å². The molecule has 144 valence electrons. The Morgan fingerprint density at radius 2 is 1.93 bits per heavy atom. The summed E-state index contributed by atoms with van der Waals surface area (Å²) in [6.45, 7) is 0. The molecule has 0 amide bonds. The Morgan fingerprint density at radius 3 is 2.64 bits per heavy atom. The zero-order valence-electron chi connectivity index (χ0n) is 15.1. The first kappa shape index (κ1) is 19.0. The average molecular weight is 434 g/mol. The van der Waals surface area contributed by atoms with Gasteiger partial charge in [0.1, 0.15) is 10.6 Å². The van der Waals surface area contributed by atoms with Crippen molar-refractivity contribution in [1.29, 1.82) is 0 Å². The fourth-order valence-electron chi connectivity index (χ4n) is 2.93. The van der Waals surface area contributed by atoms with Gasteiger partial charge in [-0.25, -0.2) is 18.4 Å². The summed E-state index contributed by atoms with van der Waals surface area (Å²) in [5, 5.41) is 1.02. The third-order valence-corrected chi connectivity index (χ3v) is 7.39. The average Bonchev–Trinajstić information content (AvgIpc) is 2.71. The van der Waals surface area contributed by atoms with Crippen molar-refractivity contribution in [2.75, 3.05) is 18.5 Å². The molecule has 1 aliphatic heterocycles. The minimum absolute atomic E-state index is 0.0820. The molecule has 1 aliphatic rings. The van der Waals surface area contributed by atoms with Gasteiger partial charge < -0.3 is 4.74 Å². The summed E-state index contributed by atoms with van der Waals surface area (Å²) in [4.78, 5) is 8.87. The number of fused-ring (bicyclic) bond motifs is 3. The molecular weight excluding hydrogens is 418 g/mol. The third kappa shape index (κ3) is 3.32. The summed E-state index contributed by atoms with van der Waals surface area (Å²) < 4.78 is 32.0. The van der Waals surface area contributed by atoms with Crippen LogP contribution in [0.2, 0.25) is 5.02 Å². The van der Waals surface area contributed by atoms with E-state index in [-0.39, 0.29) is 4.90 Å². The molecule has 0 bridgehead atoms. The summed E-state index contributed by atoms with van der Waals surface area (Å²) in [7, 11) is -0.560. The van der Waals surface area contributed by atoms with E-state index in [1.807, 2.05) is 24.3 Å². The lowest BCUT2D eigenvalue weighted by Crippen LogP contribution is -2.31. The number of halogens is 1. The van der Waals surface area contributed by atoms with Crippen LogP contribution in [0.15, 0.2) is 58.7 Å². The predicted molar refractivity (Wildman–Crippen MR) is 111 cm³/mol. The molecule has 2 aromatic carbocycles. The molecule has 0 N–H and O–H groups in total. The van der Waals surface area contributed by atoms with E-state index in [1.54, 1.807) is 25.3 Å². The molecule has 28 heavy (non-hydrogen) atoms. The predicted octanol–water partition coefficient (Wildman–Crippen LogP) is 4.24. The zero-order chi connectivity index (χ0) is 19.9. The Hall–Kier alpha value is -2.29. The van der Waals surface area contributed by atoms with Gasteiger partial charge in [0.15, 0.2) is 5.16 Å². The Morgan fingerprint density at radius 1 is 1.18 bits per heavy atom. The molecule has 9 heteroatoms. The summed E-state index contributed by atoms with van der Waals surface area (Å²) in [6.07, 6.45) is 1.37. The van der Waals surface area contributed by atoms with E-state index in [2.05, 4.69) is 9.97 Å². The van der Waals surface area contributed by atoms with Crippen molar-refractivity contribution in [3.8, 4) is 17.0 Å². The Kier molecular flexibility index (Phi) is 4.95. The maximum Gasteiger partial charge on any atom is 0.267 e. The molecule has 0 radical (unpaired) electrons. The van der Waals surface area contributed by atoms with Crippen LogP contribution in [0, 0.1) is 0 Å². The highest BCUT2D eigenvalue weighted by atomic mass is 35.5. The lowest BCUT2D eigenvalue weighted by atomic mass is 10.1. The Balaban J connectivity index is 1.69. The first-order valence-electron chi connectivity index (χ1n) is 8.32. The number of aromatic nitrogens is 2. The molecule has 0 saturated heterocycles. The minimum atomic E-state index is -3.70. The highest BCUT2D eigenvalue weighted by Gasteiger charge is 2.34. The SMILES string of the molecule is COc1ccc(CSc2ncc3c(n2)-c2cc(Cl)ccc2N(C)S3(=O)=O)cc1. The van der Waals surface area contributed by atoms with Crippen molar-refractivity contribution in [3.05, 3.63) is 59.2 Å². The molecule has 0 fully saturated rings. The van der Waals surface area contributed by atoms with Gasteiger partial charge in [0, 0.05) is 23.4 Å². The largest absolute Gasteiger partial charge is 0.497 e. The van der Waals surface area contributed by atoms with Crippen LogP contribution in [-0.2, 0) is 15.8 Å². The van der Waals surface area contributed by atoms with Gasteiger partial charge >= 0.3 is 0 Å². The number of rotatable bonds is 4. The first-order valence-corrected chi connectivity index (χ1v) is 11.1. The second-order valence-electron chi connectivity index (χ2n) is 6.14. The molecule has 1 aromatic heterocycles. The number of hydrogen-bond acceptors (Lipinski definition) is 6. The van der Waals surface area contributed by atoms with Gasteiger partial charge in [-0.05, 0) is 35.9 Å². The van der Waals surface area contributed by atoms with Gasteiger partial charge in [0.2, 0.25) is 0 Å². The quantitative estimate of drug-likeness (QED) is 0.452. The number of sulfonamides is 1. The molecule has 6 nitrogen and oxygen atoms in total. The monoisotopic (exact) mass is 433 g/mol. The number of ether oxygens (including phenoxy) is 1. The van der Waals surface area contributed by atoms with Crippen LogP contribution in [0.4, 0.5) is 5.69 Å². The van der Waals surface area contributed by atoms with E-state index < -0.39 is 10.0 Å². The fourth-order valence-corrected chi connectivity index (χ4v) is 5.17. The van der Waals surface area contributed by atoms with Gasteiger partial charge in [0.25, 0.3) is 10.0 Å². The Labute approximate surface area is 172 Å². The number of methoxy groups -OCH3 is 1. The molecule has 0 saturated carbocycles. The van der Waals surface area contributed by atoms with Gasteiger partial charge in [-0.1, -0.05) is 35.5 Å². The van der Waals surface area contributed by atoms with Gasteiger partial charge in [-0.15, -0.1) is 0 Å². The molecule has 0 unspecified atom stereocenters. The standard InChI is InChI=1S/C19H16ClN3O3S2/c1-23-16-8-5-13(20)9-15(16)18-17(28(23,24)25)10-21-19(22-18)27-11-12-3-6-14(26-2)7-4-12/h3-10H,11H2,1-2H3. The number of hydrogen-bond donors (Lipinski definition) is 0. The molecule has 4 rings (SSSR count).